The molecule has 8 heteroatoms. The van der Waals surface area contributed by atoms with Crippen molar-refractivity contribution in [3.05, 3.63) is 69.3 Å². The summed E-state index contributed by atoms with van der Waals surface area (Å²) in [7, 11) is 1.45. The summed E-state index contributed by atoms with van der Waals surface area (Å²) >= 11 is 0. The number of ether oxygens (including phenoxy) is 1. The van der Waals surface area contributed by atoms with Gasteiger partial charge in [0.05, 0.1) is 25.1 Å². The monoisotopic (exact) mass is 428 g/mol. The number of aromatic nitrogens is 2. The molecule has 0 amide bonds. The number of carboxylic acid groups (broad SMARTS) is 1. The number of carboxylic acids is 1. The lowest BCUT2D eigenvalue weighted by atomic mass is 10.0. The number of aromatic carboxylic acids is 1. The molecule has 2 N–H and O–H groups in total. The number of aliphatic hydroxyl groups is 1. The summed E-state index contributed by atoms with van der Waals surface area (Å²) in [5.41, 5.74) is 0.241. The van der Waals surface area contributed by atoms with Crippen molar-refractivity contribution in [1.29, 1.82) is 0 Å². The first-order valence-electron chi connectivity index (χ1n) is 9.98. The van der Waals surface area contributed by atoms with Crippen molar-refractivity contribution in [3.8, 4) is 5.88 Å². The van der Waals surface area contributed by atoms with Crippen molar-refractivity contribution in [2.75, 3.05) is 13.7 Å². The Labute approximate surface area is 178 Å². The van der Waals surface area contributed by atoms with Gasteiger partial charge in [-0.15, -0.1) is 0 Å². The minimum absolute atomic E-state index is 0.0501. The fraction of sp³-hybridized carbons (Fsp3) is 0.348. The van der Waals surface area contributed by atoms with Gasteiger partial charge < -0.3 is 19.5 Å². The summed E-state index contributed by atoms with van der Waals surface area (Å²) in [5.74, 6) is -1.47. The number of aliphatic hydroxyl groups excluding tert-OH is 1. The maximum absolute atomic E-state index is 14.0. The summed E-state index contributed by atoms with van der Waals surface area (Å²) in [5, 5.41) is 19.5. The molecule has 2 heterocycles. The number of aryl methyl sites for hydroxylation is 2. The maximum Gasteiger partial charge on any atom is 0.341 e. The molecule has 164 valence electrons. The molecule has 0 aliphatic heterocycles. The zero-order chi connectivity index (χ0) is 22.7. The van der Waals surface area contributed by atoms with Gasteiger partial charge in [0.1, 0.15) is 17.0 Å². The zero-order valence-electron chi connectivity index (χ0n) is 17.6. The molecule has 2 aromatic heterocycles. The second-order valence-corrected chi connectivity index (χ2v) is 7.70. The second-order valence-electron chi connectivity index (χ2n) is 7.70. The number of hydrogen-bond donors (Lipinski definition) is 2. The number of fused-ring (bicyclic) bond motifs is 1. The molecular formula is C23H25FN2O5. The van der Waals surface area contributed by atoms with Crippen molar-refractivity contribution in [2.24, 2.45) is 5.92 Å². The van der Waals surface area contributed by atoms with Crippen molar-refractivity contribution in [2.45, 2.75) is 32.7 Å². The average molecular weight is 428 g/mol. The molecule has 0 fully saturated rings. The Morgan fingerprint density at radius 2 is 1.90 bits per heavy atom. The molecule has 0 aliphatic rings. The highest BCUT2D eigenvalue weighted by atomic mass is 19.1. The number of benzene rings is 1. The highest BCUT2D eigenvalue weighted by molar-refractivity contribution is 5.92. The van der Waals surface area contributed by atoms with E-state index < -0.39 is 23.0 Å². The van der Waals surface area contributed by atoms with Crippen LogP contribution in [0.2, 0.25) is 0 Å². The van der Waals surface area contributed by atoms with Gasteiger partial charge in [-0.3, -0.25) is 4.79 Å². The minimum atomic E-state index is -1.36. The SMILES string of the molecule is COc1nc2c(cc1CCc1ccccc1F)c(=O)c(C(=O)O)cn2[C@H](CO)C(C)C. The van der Waals surface area contributed by atoms with Gasteiger partial charge in [0.15, 0.2) is 0 Å². The summed E-state index contributed by atoms with van der Waals surface area (Å²) in [6, 6.07) is 7.49. The van der Waals surface area contributed by atoms with Crippen LogP contribution in [0, 0.1) is 11.7 Å². The highest BCUT2D eigenvalue weighted by Gasteiger charge is 2.23. The Balaban J connectivity index is 2.20. The molecule has 1 aromatic carbocycles. The molecule has 0 radical (unpaired) electrons. The Hall–Kier alpha value is -3.26. The molecule has 0 unspecified atom stereocenters. The standard InChI is InChI=1S/C23H25FN2O5/c1-13(2)19(12-27)26-11-17(23(29)30)20(28)16-10-15(22(31-3)25-21(16)26)9-8-14-6-4-5-7-18(14)24/h4-7,10-11,13,19,27H,8-9,12H2,1-3H3,(H,29,30)/t19-/m1/s1. The molecule has 0 saturated carbocycles. The van der Waals surface area contributed by atoms with E-state index in [1.54, 1.807) is 24.3 Å². The molecule has 3 rings (SSSR count). The van der Waals surface area contributed by atoms with Crippen molar-refractivity contribution in [1.82, 2.24) is 9.55 Å². The first-order valence-corrected chi connectivity index (χ1v) is 9.98. The Bertz CT molecular complexity index is 1170. The fourth-order valence-electron chi connectivity index (χ4n) is 3.65. The van der Waals surface area contributed by atoms with Gasteiger partial charge in [0.25, 0.3) is 0 Å². The lowest BCUT2D eigenvalue weighted by Crippen LogP contribution is -2.26. The van der Waals surface area contributed by atoms with Gasteiger partial charge in [0.2, 0.25) is 11.3 Å². The Kier molecular flexibility index (Phi) is 6.70. The predicted molar refractivity (Wildman–Crippen MR) is 114 cm³/mol. The molecular weight excluding hydrogens is 403 g/mol. The summed E-state index contributed by atoms with van der Waals surface area (Å²) in [4.78, 5) is 29.1. The van der Waals surface area contributed by atoms with Crippen LogP contribution in [0.1, 0.15) is 41.4 Å². The number of carbonyl (C=O) groups is 1. The van der Waals surface area contributed by atoms with Crippen LogP contribution >= 0.6 is 0 Å². The van der Waals surface area contributed by atoms with E-state index >= 15 is 0 Å². The maximum atomic E-state index is 14.0. The summed E-state index contributed by atoms with van der Waals surface area (Å²) in [6.07, 6.45) is 1.92. The van der Waals surface area contributed by atoms with E-state index in [4.69, 9.17) is 4.74 Å². The van der Waals surface area contributed by atoms with Crippen LogP contribution < -0.4 is 10.2 Å². The van der Waals surface area contributed by atoms with Gasteiger partial charge in [-0.2, -0.15) is 4.98 Å². The van der Waals surface area contributed by atoms with Gasteiger partial charge in [-0.25, -0.2) is 9.18 Å². The molecule has 31 heavy (non-hydrogen) atoms. The predicted octanol–water partition coefficient (Wildman–Crippen LogP) is 3.22. The normalized spacial score (nSPS) is 12.3. The van der Waals surface area contributed by atoms with E-state index in [9.17, 15) is 24.2 Å². The highest BCUT2D eigenvalue weighted by Crippen LogP contribution is 2.27. The van der Waals surface area contributed by atoms with Crippen LogP contribution in [0.25, 0.3) is 11.0 Å². The van der Waals surface area contributed by atoms with Crippen LogP contribution in [0.5, 0.6) is 5.88 Å². The molecule has 0 saturated heterocycles. The van der Waals surface area contributed by atoms with E-state index in [1.165, 1.54) is 23.9 Å². The molecule has 1 atom stereocenters. The van der Waals surface area contributed by atoms with Crippen molar-refractivity contribution >= 4 is 17.0 Å². The molecule has 0 spiro atoms. The Morgan fingerprint density at radius 3 is 2.48 bits per heavy atom. The van der Waals surface area contributed by atoms with E-state index in [1.807, 2.05) is 13.8 Å². The molecule has 3 aromatic rings. The van der Waals surface area contributed by atoms with E-state index in [-0.39, 0.29) is 35.3 Å². The second kappa shape index (κ2) is 9.26. The molecule has 0 bridgehead atoms. The van der Waals surface area contributed by atoms with E-state index in [2.05, 4.69) is 4.98 Å². The number of pyridine rings is 2. The lowest BCUT2D eigenvalue weighted by molar-refractivity contribution is 0.0694. The van der Waals surface area contributed by atoms with Crippen LogP contribution in [0.15, 0.2) is 41.3 Å². The quantitative estimate of drug-likeness (QED) is 0.571. The zero-order valence-corrected chi connectivity index (χ0v) is 17.6. The number of nitrogens with zero attached hydrogens (tertiary/aromatic N) is 2. The third-order valence-electron chi connectivity index (χ3n) is 5.40. The van der Waals surface area contributed by atoms with Crippen LogP contribution in [-0.2, 0) is 12.8 Å². The fourth-order valence-corrected chi connectivity index (χ4v) is 3.65. The average Bonchev–Trinajstić information content (AvgIpc) is 2.74. The van der Waals surface area contributed by atoms with Gasteiger partial charge >= 0.3 is 5.97 Å². The number of hydrogen-bond acceptors (Lipinski definition) is 5. The first kappa shape index (κ1) is 22.4. The first-order chi connectivity index (χ1) is 14.8. The molecule has 7 nitrogen and oxygen atoms in total. The smallest absolute Gasteiger partial charge is 0.341 e. The van der Waals surface area contributed by atoms with Crippen LogP contribution in [0.4, 0.5) is 4.39 Å². The lowest BCUT2D eigenvalue weighted by Gasteiger charge is -2.24. The number of methoxy groups -OCH3 is 1. The third kappa shape index (κ3) is 4.44. The van der Waals surface area contributed by atoms with E-state index in [0.717, 1.165) is 0 Å². The number of halogens is 1. The number of rotatable bonds is 8. The summed E-state index contributed by atoms with van der Waals surface area (Å²) < 4.78 is 20.9. The van der Waals surface area contributed by atoms with Gasteiger partial charge in [-0.05, 0) is 36.5 Å². The minimum Gasteiger partial charge on any atom is -0.481 e. The third-order valence-corrected chi connectivity index (χ3v) is 5.40. The summed E-state index contributed by atoms with van der Waals surface area (Å²) in [6.45, 7) is 3.50. The van der Waals surface area contributed by atoms with Crippen LogP contribution in [-0.4, -0.2) is 39.5 Å². The van der Waals surface area contributed by atoms with E-state index in [0.29, 0.717) is 24.0 Å². The van der Waals surface area contributed by atoms with Crippen molar-refractivity contribution < 1.29 is 24.1 Å². The van der Waals surface area contributed by atoms with Crippen LogP contribution in [0.3, 0.4) is 0 Å². The molecule has 0 aliphatic carbocycles. The van der Waals surface area contributed by atoms with Gasteiger partial charge in [0, 0.05) is 11.8 Å². The van der Waals surface area contributed by atoms with Gasteiger partial charge in [-0.1, -0.05) is 32.0 Å². The van der Waals surface area contributed by atoms with Crippen molar-refractivity contribution in [3.63, 3.8) is 0 Å². The Morgan fingerprint density at radius 1 is 1.23 bits per heavy atom. The largest absolute Gasteiger partial charge is 0.481 e. The topological polar surface area (TPSA) is 102 Å².